The fourth-order valence-corrected chi connectivity index (χ4v) is 7.99. The number of benzene rings is 5. The fraction of sp³-hybridized carbons (Fsp3) is 0. The van der Waals surface area contributed by atoms with Gasteiger partial charge in [0.25, 0.3) is 0 Å². The molecule has 0 N–H and O–H groups in total. The van der Waals surface area contributed by atoms with Gasteiger partial charge in [-0.05, 0) is 76.2 Å². The van der Waals surface area contributed by atoms with Gasteiger partial charge < -0.3 is 0 Å². The standard InChI is InChI=1S/C34H21NO2S2/c36-39(37,26-6-2-1-3-7-26)27-16-14-23(15-17-27)22-10-12-24(13-11-22)25-20-30-28-8-4-5-9-32(28)35-33(30)31(21-25)29-18-19-38-34(29)35/h1-21H. The molecular weight excluding hydrogens is 519 g/mol. The van der Waals surface area contributed by atoms with Gasteiger partial charge in [0.2, 0.25) is 9.84 Å². The third-order valence-electron chi connectivity index (χ3n) is 7.68. The number of hydrogen-bond acceptors (Lipinski definition) is 3. The molecule has 5 aromatic carbocycles. The average Bonchev–Trinajstić information content (AvgIpc) is 3.68. The van der Waals surface area contributed by atoms with Crippen molar-refractivity contribution in [3.63, 3.8) is 0 Å². The second-order valence-electron chi connectivity index (χ2n) is 9.83. The van der Waals surface area contributed by atoms with Crippen LogP contribution in [0.2, 0.25) is 0 Å². The van der Waals surface area contributed by atoms with Crippen LogP contribution in [0.15, 0.2) is 136 Å². The zero-order valence-corrected chi connectivity index (χ0v) is 22.3. The van der Waals surface area contributed by atoms with Crippen LogP contribution < -0.4 is 0 Å². The van der Waals surface area contributed by atoms with Crippen LogP contribution in [0.5, 0.6) is 0 Å². The maximum atomic E-state index is 13.0. The summed E-state index contributed by atoms with van der Waals surface area (Å²) >= 11 is 1.79. The predicted octanol–water partition coefficient (Wildman–Crippen LogP) is 9.06. The number of rotatable bonds is 4. The van der Waals surface area contributed by atoms with Crippen LogP contribution in [0.1, 0.15) is 0 Å². The number of sulfone groups is 1. The number of nitrogens with zero attached hydrogens (tertiary/aromatic N) is 1. The molecule has 5 heteroatoms. The van der Waals surface area contributed by atoms with E-state index in [1.165, 1.54) is 43.0 Å². The molecule has 0 saturated carbocycles. The second-order valence-corrected chi connectivity index (χ2v) is 12.7. The molecule has 0 aliphatic carbocycles. The first-order valence-electron chi connectivity index (χ1n) is 12.8. The topological polar surface area (TPSA) is 38.5 Å². The van der Waals surface area contributed by atoms with Gasteiger partial charge in [0, 0.05) is 21.5 Å². The van der Waals surface area contributed by atoms with E-state index in [1.807, 2.05) is 18.2 Å². The Labute approximate surface area is 229 Å². The van der Waals surface area contributed by atoms with E-state index in [0.717, 1.165) is 16.7 Å². The molecular formula is C34H21NO2S2. The number of para-hydroxylation sites is 1. The molecule has 0 atom stereocenters. The summed E-state index contributed by atoms with van der Waals surface area (Å²) < 4.78 is 28.3. The lowest BCUT2D eigenvalue weighted by molar-refractivity contribution is 0.596. The highest BCUT2D eigenvalue weighted by atomic mass is 32.2. The maximum Gasteiger partial charge on any atom is 0.206 e. The molecule has 3 aromatic heterocycles. The first-order chi connectivity index (χ1) is 19.1. The number of aromatic nitrogens is 1. The van der Waals surface area contributed by atoms with Gasteiger partial charge in [0.05, 0.1) is 20.8 Å². The molecule has 8 rings (SSSR count). The van der Waals surface area contributed by atoms with E-state index in [2.05, 4.69) is 76.5 Å². The van der Waals surface area contributed by atoms with Crippen molar-refractivity contribution in [1.29, 1.82) is 0 Å². The fourth-order valence-electron chi connectivity index (χ4n) is 5.78. The van der Waals surface area contributed by atoms with Gasteiger partial charge in [0.1, 0.15) is 4.83 Å². The van der Waals surface area contributed by atoms with Crippen LogP contribution in [0, 0.1) is 0 Å². The summed E-state index contributed by atoms with van der Waals surface area (Å²) in [4.78, 5) is 1.90. The molecule has 3 nitrogen and oxygen atoms in total. The van der Waals surface area contributed by atoms with Crippen LogP contribution in [0.3, 0.4) is 0 Å². The summed E-state index contributed by atoms with van der Waals surface area (Å²) in [5, 5.41) is 7.31. The minimum Gasteiger partial charge on any atom is -0.300 e. The highest BCUT2D eigenvalue weighted by Crippen LogP contribution is 2.43. The van der Waals surface area contributed by atoms with Crippen LogP contribution in [0.25, 0.3) is 59.7 Å². The summed E-state index contributed by atoms with van der Waals surface area (Å²) in [6.07, 6.45) is 0. The first kappa shape index (κ1) is 22.5. The Kier molecular flexibility index (Phi) is 4.78. The van der Waals surface area contributed by atoms with Crippen molar-refractivity contribution in [2.45, 2.75) is 9.79 Å². The Hall–Kier alpha value is -4.45. The third kappa shape index (κ3) is 3.30. The van der Waals surface area contributed by atoms with Crippen LogP contribution in [-0.4, -0.2) is 12.8 Å². The largest absolute Gasteiger partial charge is 0.300 e. The SMILES string of the molecule is O=S(=O)(c1ccccc1)c1ccc(-c2ccc(-c3cc4c5ccccc5n5c6sccc6c(c3)c45)cc2)cc1. The summed E-state index contributed by atoms with van der Waals surface area (Å²) in [5.74, 6) is 0. The average molecular weight is 540 g/mol. The molecule has 39 heavy (non-hydrogen) atoms. The van der Waals surface area contributed by atoms with E-state index < -0.39 is 9.84 Å². The van der Waals surface area contributed by atoms with E-state index in [-0.39, 0.29) is 0 Å². The second kappa shape index (κ2) is 8.27. The van der Waals surface area contributed by atoms with Crippen LogP contribution in [0.4, 0.5) is 0 Å². The Bertz CT molecular complexity index is 2260. The van der Waals surface area contributed by atoms with Gasteiger partial charge in [0.15, 0.2) is 0 Å². The van der Waals surface area contributed by atoms with E-state index in [4.69, 9.17) is 0 Å². The van der Waals surface area contributed by atoms with Crippen molar-refractivity contribution in [2.24, 2.45) is 0 Å². The van der Waals surface area contributed by atoms with Gasteiger partial charge >= 0.3 is 0 Å². The van der Waals surface area contributed by atoms with Crippen molar-refractivity contribution in [2.75, 3.05) is 0 Å². The third-order valence-corrected chi connectivity index (χ3v) is 10.4. The minimum atomic E-state index is -3.53. The van der Waals surface area contributed by atoms with Crippen molar-refractivity contribution in [1.82, 2.24) is 4.40 Å². The molecule has 3 heterocycles. The zero-order valence-electron chi connectivity index (χ0n) is 20.7. The van der Waals surface area contributed by atoms with Crippen molar-refractivity contribution in [3.8, 4) is 22.3 Å². The molecule has 0 spiro atoms. The lowest BCUT2D eigenvalue weighted by atomic mass is 9.97. The van der Waals surface area contributed by atoms with E-state index in [0.29, 0.717) is 9.79 Å². The lowest BCUT2D eigenvalue weighted by Gasteiger charge is -2.08. The Morgan fingerprint density at radius 2 is 1.08 bits per heavy atom. The van der Waals surface area contributed by atoms with Gasteiger partial charge in [-0.1, -0.05) is 72.8 Å². The predicted molar refractivity (Wildman–Crippen MR) is 162 cm³/mol. The smallest absolute Gasteiger partial charge is 0.206 e. The molecule has 0 radical (unpaired) electrons. The molecule has 186 valence electrons. The van der Waals surface area contributed by atoms with Gasteiger partial charge in [-0.25, -0.2) is 8.42 Å². The Balaban J connectivity index is 1.19. The number of hydrogen-bond donors (Lipinski definition) is 0. The summed E-state index contributed by atoms with van der Waals surface area (Å²) in [6.45, 7) is 0. The van der Waals surface area contributed by atoms with Gasteiger partial charge in [-0.3, -0.25) is 4.40 Å². The highest BCUT2D eigenvalue weighted by molar-refractivity contribution is 7.91. The molecule has 0 aliphatic heterocycles. The quantitative estimate of drug-likeness (QED) is 0.224. The maximum absolute atomic E-state index is 13.0. The molecule has 0 amide bonds. The molecule has 0 saturated heterocycles. The normalized spacial score (nSPS) is 12.3. The van der Waals surface area contributed by atoms with Crippen molar-refractivity contribution < 1.29 is 8.42 Å². The lowest BCUT2D eigenvalue weighted by Crippen LogP contribution is -2.01. The van der Waals surface area contributed by atoms with E-state index in [9.17, 15) is 8.42 Å². The molecule has 0 aliphatic rings. The number of fused-ring (bicyclic) bond motifs is 6. The van der Waals surface area contributed by atoms with Gasteiger partial charge in [-0.15, -0.1) is 11.3 Å². The molecule has 0 unspecified atom stereocenters. The van der Waals surface area contributed by atoms with Crippen LogP contribution in [-0.2, 0) is 9.84 Å². The van der Waals surface area contributed by atoms with Gasteiger partial charge in [-0.2, -0.15) is 0 Å². The summed E-state index contributed by atoms with van der Waals surface area (Å²) in [6, 6.07) is 39.7. The first-order valence-corrected chi connectivity index (χ1v) is 15.1. The van der Waals surface area contributed by atoms with E-state index >= 15 is 0 Å². The van der Waals surface area contributed by atoms with Crippen molar-refractivity contribution in [3.05, 3.63) is 127 Å². The summed E-state index contributed by atoms with van der Waals surface area (Å²) in [5.41, 5.74) is 6.92. The molecule has 0 fully saturated rings. The Morgan fingerprint density at radius 3 is 1.79 bits per heavy atom. The van der Waals surface area contributed by atoms with Crippen molar-refractivity contribution >= 4 is 58.6 Å². The summed E-state index contributed by atoms with van der Waals surface area (Å²) in [7, 11) is -3.53. The minimum absolute atomic E-state index is 0.299. The molecule has 8 aromatic rings. The monoisotopic (exact) mass is 539 g/mol. The Morgan fingerprint density at radius 1 is 0.513 bits per heavy atom. The number of thiophene rings is 1. The van der Waals surface area contributed by atoms with E-state index in [1.54, 1.807) is 47.7 Å². The zero-order chi connectivity index (χ0) is 26.1. The van der Waals surface area contributed by atoms with Crippen LogP contribution >= 0.6 is 11.3 Å². The molecule has 0 bridgehead atoms. The highest BCUT2D eigenvalue weighted by Gasteiger charge is 2.20.